The molecule has 0 aliphatic heterocycles. The van der Waals surface area contributed by atoms with Gasteiger partial charge < -0.3 is 20.3 Å². The average molecular weight is 418 g/mol. The van der Waals surface area contributed by atoms with Crippen LogP contribution < -0.4 is 10.6 Å². The van der Waals surface area contributed by atoms with Gasteiger partial charge >= 0.3 is 5.97 Å². The van der Waals surface area contributed by atoms with E-state index in [-0.39, 0.29) is 12.5 Å². The predicted octanol–water partition coefficient (Wildman–Crippen LogP) is 3.33. The molecule has 0 radical (unpaired) electrons. The minimum absolute atomic E-state index is 0.161. The molecule has 2 aromatic rings. The summed E-state index contributed by atoms with van der Waals surface area (Å²) in [7, 11) is 1.69. The van der Waals surface area contributed by atoms with Crippen LogP contribution in [0.4, 0.5) is 11.4 Å². The molecule has 0 fully saturated rings. The largest absolute Gasteiger partial charge is 0.452 e. The first-order chi connectivity index (χ1) is 13.8. The highest BCUT2D eigenvalue weighted by atomic mass is 35.5. The molecule has 0 saturated heterocycles. The Kier molecular flexibility index (Phi) is 8.03. The predicted molar refractivity (Wildman–Crippen MR) is 113 cm³/mol. The highest BCUT2D eigenvalue weighted by Crippen LogP contribution is 2.20. The number of esters is 1. The van der Waals surface area contributed by atoms with E-state index in [9.17, 15) is 14.4 Å². The summed E-state index contributed by atoms with van der Waals surface area (Å²) in [6.45, 7) is 3.27. The summed E-state index contributed by atoms with van der Waals surface area (Å²) in [5.41, 5.74) is 2.38. The number of carbonyl (C=O) groups excluding carboxylic acids is 3. The molecule has 2 amide bonds. The van der Waals surface area contributed by atoms with Crippen molar-refractivity contribution in [3.8, 4) is 0 Å². The van der Waals surface area contributed by atoms with Crippen LogP contribution in [0.2, 0.25) is 5.02 Å². The molecule has 0 atom stereocenters. The highest BCUT2D eigenvalue weighted by molar-refractivity contribution is 6.31. The normalized spacial score (nSPS) is 10.2. The Bertz CT molecular complexity index is 901. The van der Waals surface area contributed by atoms with Gasteiger partial charge in [-0.25, -0.2) is 4.79 Å². The lowest BCUT2D eigenvalue weighted by Crippen LogP contribution is -2.40. The number of para-hydroxylation sites is 1. The van der Waals surface area contributed by atoms with E-state index >= 15 is 0 Å². The average Bonchev–Trinajstić information content (AvgIpc) is 2.72. The summed E-state index contributed by atoms with van der Waals surface area (Å²) < 4.78 is 5.13. The molecular formula is C21H24ClN3O4. The number of amides is 2. The number of hydrogen-bond acceptors (Lipinski definition) is 5. The first-order valence-corrected chi connectivity index (χ1v) is 9.51. The number of carbonyl (C=O) groups is 3. The Morgan fingerprint density at radius 1 is 1.10 bits per heavy atom. The van der Waals surface area contributed by atoms with Gasteiger partial charge in [0.25, 0.3) is 5.91 Å². The van der Waals surface area contributed by atoms with Gasteiger partial charge in [-0.15, -0.1) is 0 Å². The molecule has 0 heterocycles. The smallest absolute Gasteiger partial charge is 0.340 e. The minimum Gasteiger partial charge on any atom is -0.452 e. The van der Waals surface area contributed by atoms with Crippen LogP contribution in [0.25, 0.3) is 0 Å². The summed E-state index contributed by atoms with van der Waals surface area (Å²) in [6, 6.07) is 12.0. The Hall–Kier alpha value is -3.06. The van der Waals surface area contributed by atoms with Crippen molar-refractivity contribution in [2.75, 3.05) is 37.4 Å². The number of nitrogens with one attached hydrogen (secondary N) is 2. The van der Waals surface area contributed by atoms with Crippen LogP contribution in [0.1, 0.15) is 22.8 Å². The molecule has 0 saturated carbocycles. The second kappa shape index (κ2) is 10.5. The van der Waals surface area contributed by atoms with Gasteiger partial charge in [0, 0.05) is 30.0 Å². The van der Waals surface area contributed by atoms with Gasteiger partial charge in [0.15, 0.2) is 6.61 Å². The van der Waals surface area contributed by atoms with Crippen molar-refractivity contribution >= 4 is 40.8 Å². The second-order valence-corrected chi connectivity index (χ2v) is 6.72. The maximum Gasteiger partial charge on any atom is 0.340 e. The van der Waals surface area contributed by atoms with E-state index in [2.05, 4.69) is 10.6 Å². The minimum atomic E-state index is -0.613. The van der Waals surface area contributed by atoms with Crippen molar-refractivity contribution in [3.63, 3.8) is 0 Å². The Morgan fingerprint density at radius 2 is 1.83 bits per heavy atom. The second-order valence-electron chi connectivity index (χ2n) is 6.29. The lowest BCUT2D eigenvalue weighted by atomic mass is 10.2. The van der Waals surface area contributed by atoms with Crippen molar-refractivity contribution in [1.29, 1.82) is 0 Å². The number of likely N-dealkylation sites (N-methyl/N-ethyl adjacent to an activating group) is 1. The van der Waals surface area contributed by atoms with E-state index in [1.807, 2.05) is 6.92 Å². The number of ether oxygens (including phenoxy) is 1. The van der Waals surface area contributed by atoms with E-state index < -0.39 is 18.5 Å². The third-order valence-electron chi connectivity index (χ3n) is 4.29. The van der Waals surface area contributed by atoms with Crippen molar-refractivity contribution in [3.05, 3.63) is 58.6 Å². The number of benzene rings is 2. The zero-order chi connectivity index (χ0) is 21.4. The molecule has 2 rings (SSSR count). The Labute approximate surface area is 175 Å². The molecule has 154 valence electrons. The molecule has 0 bridgehead atoms. The molecule has 2 aromatic carbocycles. The van der Waals surface area contributed by atoms with Crippen LogP contribution in [0.3, 0.4) is 0 Å². The number of hydrogen-bond donors (Lipinski definition) is 2. The van der Waals surface area contributed by atoms with Gasteiger partial charge in [0.1, 0.15) is 0 Å². The van der Waals surface area contributed by atoms with Gasteiger partial charge in [-0.3, -0.25) is 9.59 Å². The third kappa shape index (κ3) is 6.22. The summed E-state index contributed by atoms with van der Waals surface area (Å²) in [5.74, 6) is -1.43. The highest BCUT2D eigenvalue weighted by Gasteiger charge is 2.19. The molecule has 0 spiro atoms. The van der Waals surface area contributed by atoms with E-state index in [0.717, 1.165) is 5.56 Å². The molecular weight excluding hydrogens is 394 g/mol. The van der Waals surface area contributed by atoms with E-state index in [4.69, 9.17) is 16.3 Å². The number of rotatable bonds is 8. The number of halogens is 1. The first-order valence-electron chi connectivity index (χ1n) is 9.13. The molecule has 7 nitrogen and oxygen atoms in total. The number of anilines is 2. The SMILES string of the molecule is CCN(CC(=O)Nc1cc(Cl)ccc1C)C(=O)COC(=O)c1ccccc1NC. The van der Waals surface area contributed by atoms with Gasteiger partial charge in [0.2, 0.25) is 5.91 Å². The zero-order valence-corrected chi connectivity index (χ0v) is 17.4. The van der Waals surface area contributed by atoms with Crippen LogP contribution >= 0.6 is 11.6 Å². The van der Waals surface area contributed by atoms with E-state index in [1.165, 1.54) is 4.90 Å². The van der Waals surface area contributed by atoms with Crippen molar-refractivity contribution in [2.24, 2.45) is 0 Å². The number of nitrogens with zero attached hydrogens (tertiary/aromatic N) is 1. The maximum absolute atomic E-state index is 12.4. The third-order valence-corrected chi connectivity index (χ3v) is 4.52. The molecule has 2 N–H and O–H groups in total. The fourth-order valence-corrected chi connectivity index (χ4v) is 2.82. The van der Waals surface area contributed by atoms with Crippen LogP contribution in [0, 0.1) is 6.92 Å². The van der Waals surface area contributed by atoms with Gasteiger partial charge in [-0.2, -0.15) is 0 Å². The lowest BCUT2D eigenvalue weighted by molar-refractivity contribution is -0.137. The van der Waals surface area contributed by atoms with Crippen molar-refractivity contribution in [2.45, 2.75) is 13.8 Å². The molecule has 0 aromatic heterocycles. The maximum atomic E-state index is 12.4. The molecule has 8 heteroatoms. The molecule has 0 aliphatic carbocycles. The molecule has 29 heavy (non-hydrogen) atoms. The number of aryl methyl sites for hydroxylation is 1. The first kappa shape index (κ1) is 22.2. The summed E-state index contributed by atoms with van der Waals surface area (Å²) in [4.78, 5) is 38.3. The van der Waals surface area contributed by atoms with E-state index in [0.29, 0.717) is 28.5 Å². The monoisotopic (exact) mass is 417 g/mol. The standard InChI is InChI=1S/C21H24ClN3O4/c1-4-25(12-19(26)24-18-11-15(22)10-9-14(18)2)20(27)13-29-21(28)16-7-5-6-8-17(16)23-3/h5-11,23H,4,12-13H2,1-3H3,(H,24,26). The molecule has 0 unspecified atom stereocenters. The van der Waals surface area contributed by atoms with Gasteiger partial charge in [-0.05, 0) is 43.7 Å². The molecule has 0 aliphatic rings. The summed E-state index contributed by atoms with van der Waals surface area (Å²) in [5, 5.41) is 6.14. The van der Waals surface area contributed by atoms with Crippen molar-refractivity contribution in [1.82, 2.24) is 4.90 Å². The van der Waals surface area contributed by atoms with Crippen LogP contribution in [-0.4, -0.2) is 49.4 Å². The fourth-order valence-electron chi connectivity index (χ4n) is 2.64. The fraction of sp³-hybridized carbons (Fsp3) is 0.286. The summed E-state index contributed by atoms with van der Waals surface area (Å²) in [6.07, 6.45) is 0. The zero-order valence-electron chi connectivity index (χ0n) is 16.6. The Balaban J connectivity index is 1.93. The summed E-state index contributed by atoms with van der Waals surface area (Å²) >= 11 is 5.96. The van der Waals surface area contributed by atoms with Crippen LogP contribution in [0.5, 0.6) is 0 Å². The van der Waals surface area contributed by atoms with Crippen LogP contribution in [-0.2, 0) is 14.3 Å². The lowest BCUT2D eigenvalue weighted by Gasteiger charge is -2.20. The quantitative estimate of drug-likeness (QED) is 0.643. The van der Waals surface area contributed by atoms with E-state index in [1.54, 1.807) is 56.4 Å². The van der Waals surface area contributed by atoms with Gasteiger partial charge in [0.05, 0.1) is 12.1 Å². The van der Waals surface area contributed by atoms with Gasteiger partial charge in [-0.1, -0.05) is 29.8 Å². The topological polar surface area (TPSA) is 87.7 Å². The van der Waals surface area contributed by atoms with Crippen molar-refractivity contribution < 1.29 is 19.1 Å². The Morgan fingerprint density at radius 3 is 2.52 bits per heavy atom. The van der Waals surface area contributed by atoms with Crippen LogP contribution in [0.15, 0.2) is 42.5 Å².